The third-order valence-electron chi connectivity index (χ3n) is 2.62. The van der Waals surface area contributed by atoms with Crippen LogP contribution in [0.15, 0.2) is 42.5 Å². The van der Waals surface area contributed by atoms with Gasteiger partial charge >= 0.3 is 0 Å². The van der Waals surface area contributed by atoms with Crippen LogP contribution in [-0.2, 0) is 15.8 Å². The van der Waals surface area contributed by atoms with Gasteiger partial charge in [0.1, 0.15) is 5.82 Å². The second-order valence-corrected chi connectivity index (χ2v) is 6.35. The Bertz CT molecular complexity index is 709. The molecule has 2 aromatic rings. The smallest absolute Gasteiger partial charge is 0.236 e. The van der Waals surface area contributed by atoms with Crippen molar-refractivity contribution in [3.05, 3.63) is 59.4 Å². The first-order valence-corrected chi connectivity index (χ1v) is 7.61. The molecule has 20 heavy (non-hydrogen) atoms. The number of anilines is 2. The van der Waals surface area contributed by atoms with E-state index >= 15 is 0 Å². The molecule has 0 saturated heterocycles. The maximum Gasteiger partial charge on any atom is 0.236 e. The van der Waals surface area contributed by atoms with Gasteiger partial charge in [0.2, 0.25) is 10.0 Å². The third kappa shape index (κ3) is 3.96. The minimum Gasteiger partial charge on any atom is -0.399 e. The first kappa shape index (κ1) is 14.3. The average Bonchev–Trinajstić information content (AvgIpc) is 2.25. The van der Waals surface area contributed by atoms with Crippen LogP contribution in [0.1, 0.15) is 11.1 Å². The van der Waals surface area contributed by atoms with Gasteiger partial charge in [-0.2, -0.15) is 0 Å². The summed E-state index contributed by atoms with van der Waals surface area (Å²) in [6.07, 6.45) is 0. The average molecular weight is 294 g/mol. The Labute approximate surface area is 117 Å². The number of nitrogens with one attached hydrogen (secondary N) is 1. The zero-order valence-electron chi connectivity index (χ0n) is 10.9. The van der Waals surface area contributed by atoms with E-state index in [-0.39, 0.29) is 11.4 Å². The fourth-order valence-corrected chi connectivity index (χ4v) is 3.08. The van der Waals surface area contributed by atoms with Crippen molar-refractivity contribution in [2.75, 3.05) is 10.5 Å². The highest BCUT2D eigenvalue weighted by Crippen LogP contribution is 2.17. The number of sulfonamides is 1. The largest absolute Gasteiger partial charge is 0.399 e. The van der Waals surface area contributed by atoms with Crippen molar-refractivity contribution in [2.24, 2.45) is 0 Å². The first-order chi connectivity index (χ1) is 9.34. The van der Waals surface area contributed by atoms with E-state index < -0.39 is 15.8 Å². The van der Waals surface area contributed by atoms with Gasteiger partial charge in [-0.15, -0.1) is 0 Å². The van der Waals surface area contributed by atoms with Crippen LogP contribution in [0.5, 0.6) is 0 Å². The minimum absolute atomic E-state index is 0.214. The van der Waals surface area contributed by atoms with E-state index in [1.807, 2.05) is 0 Å². The molecule has 0 radical (unpaired) electrons. The molecule has 0 aliphatic rings. The number of halogens is 1. The summed E-state index contributed by atoms with van der Waals surface area (Å²) in [5, 5.41) is 0. The first-order valence-electron chi connectivity index (χ1n) is 5.96. The van der Waals surface area contributed by atoms with Gasteiger partial charge in [0, 0.05) is 5.69 Å². The molecule has 0 aromatic heterocycles. The molecule has 2 aromatic carbocycles. The number of hydrogen-bond acceptors (Lipinski definition) is 3. The Hall–Kier alpha value is -2.08. The Balaban J connectivity index is 2.19. The molecule has 3 N–H and O–H groups in total. The monoisotopic (exact) mass is 294 g/mol. The molecule has 0 saturated carbocycles. The highest BCUT2D eigenvalue weighted by Gasteiger charge is 2.12. The maximum absolute atomic E-state index is 13.2. The predicted molar refractivity (Wildman–Crippen MR) is 78.2 cm³/mol. The molecular formula is C14H15FN2O2S. The van der Waals surface area contributed by atoms with E-state index in [4.69, 9.17) is 5.73 Å². The van der Waals surface area contributed by atoms with Crippen LogP contribution in [0.2, 0.25) is 0 Å². The van der Waals surface area contributed by atoms with E-state index in [1.165, 1.54) is 6.07 Å². The Morgan fingerprint density at radius 3 is 2.60 bits per heavy atom. The molecule has 6 heteroatoms. The topological polar surface area (TPSA) is 72.2 Å². The molecule has 0 fully saturated rings. The van der Waals surface area contributed by atoms with Gasteiger partial charge < -0.3 is 5.73 Å². The number of aryl methyl sites for hydroxylation is 1. The summed E-state index contributed by atoms with van der Waals surface area (Å²) >= 11 is 0. The molecule has 0 aliphatic carbocycles. The number of nitrogen functional groups attached to an aromatic ring is 1. The van der Waals surface area contributed by atoms with Crippen molar-refractivity contribution in [1.29, 1.82) is 0 Å². The van der Waals surface area contributed by atoms with E-state index in [0.717, 1.165) is 6.07 Å². The second-order valence-electron chi connectivity index (χ2n) is 4.62. The SMILES string of the molecule is Cc1cc(F)cc(NS(=O)(=O)Cc2cccc(N)c2)c1. The lowest BCUT2D eigenvalue weighted by Crippen LogP contribution is -2.15. The molecule has 0 unspecified atom stereocenters. The maximum atomic E-state index is 13.2. The number of benzene rings is 2. The van der Waals surface area contributed by atoms with Crippen molar-refractivity contribution in [2.45, 2.75) is 12.7 Å². The summed E-state index contributed by atoms with van der Waals surface area (Å²) in [6.45, 7) is 1.69. The Morgan fingerprint density at radius 1 is 1.20 bits per heavy atom. The lowest BCUT2D eigenvalue weighted by Gasteiger charge is -2.09. The molecule has 106 valence electrons. The van der Waals surface area contributed by atoms with Crippen LogP contribution in [-0.4, -0.2) is 8.42 Å². The van der Waals surface area contributed by atoms with Gasteiger partial charge in [0.15, 0.2) is 0 Å². The van der Waals surface area contributed by atoms with Crippen LogP contribution in [0, 0.1) is 12.7 Å². The molecule has 0 atom stereocenters. The van der Waals surface area contributed by atoms with Gasteiger partial charge in [0.05, 0.1) is 11.4 Å². The molecule has 4 nitrogen and oxygen atoms in total. The van der Waals surface area contributed by atoms with Crippen molar-refractivity contribution in [3.63, 3.8) is 0 Å². The standard InChI is InChI=1S/C14H15FN2O2S/c1-10-5-12(15)8-14(6-10)17-20(18,19)9-11-3-2-4-13(16)7-11/h2-8,17H,9,16H2,1H3. The van der Waals surface area contributed by atoms with Gasteiger partial charge in [-0.3, -0.25) is 4.72 Å². The van der Waals surface area contributed by atoms with Crippen molar-refractivity contribution in [1.82, 2.24) is 0 Å². The Kier molecular flexibility index (Phi) is 3.94. The molecule has 2 rings (SSSR count). The fourth-order valence-electron chi connectivity index (χ4n) is 1.91. The van der Waals surface area contributed by atoms with Crippen LogP contribution < -0.4 is 10.5 Å². The summed E-state index contributed by atoms with van der Waals surface area (Å²) < 4.78 is 39.6. The molecule has 0 heterocycles. The second kappa shape index (κ2) is 5.50. The fraction of sp³-hybridized carbons (Fsp3) is 0.143. The summed E-state index contributed by atoms with van der Waals surface area (Å²) in [5.74, 6) is -0.695. The number of rotatable bonds is 4. The van der Waals surface area contributed by atoms with E-state index in [1.54, 1.807) is 37.3 Å². The van der Waals surface area contributed by atoms with Crippen molar-refractivity contribution >= 4 is 21.4 Å². The van der Waals surface area contributed by atoms with Gasteiger partial charge in [-0.05, 0) is 48.4 Å². The van der Waals surface area contributed by atoms with E-state index in [9.17, 15) is 12.8 Å². The summed E-state index contributed by atoms with van der Waals surface area (Å²) in [4.78, 5) is 0. The lowest BCUT2D eigenvalue weighted by atomic mass is 10.2. The quantitative estimate of drug-likeness (QED) is 0.851. The zero-order valence-corrected chi connectivity index (χ0v) is 11.7. The van der Waals surface area contributed by atoms with Crippen LogP contribution in [0.4, 0.5) is 15.8 Å². The lowest BCUT2D eigenvalue weighted by molar-refractivity contribution is 0.600. The molecule has 0 amide bonds. The normalized spacial score (nSPS) is 11.3. The molecule has 0 bridgehead atoms. The number of hydrogen-bond donors (Lipinski definition) is 2. The van der Waals surface area contributed by atoms with Crippen LogP contribution in [0.25, 0.3) is 0 Å². The summed E-state index contributed by atoms with van der Waals surface area (Å²) in [7, 11) is -3.61. The van der Waals surface area contributed by atoms with E-state index in [0.29, 0.717) is 16.8 Å². The zero-order chi connectivity index (χ0) is 14.8. The third-order valence-corrected chi connectivity index (χ3v) is 3.88. The highest BCUT2D eigenvalue weighted by atomic mass is 32.2. The van der Waals surface area contributed by atoms with Gasteiger partial charge in [-0.25, -0.2) is 12.8 Å². The van der Waals surface area contributed by atoms with Crippen molar-refractivity contribution in [3.8, 4) is 0 Å². The van der Waals surface area contributed by atoms with Crippen LogP contribution >= 0.6 is 0 Å². The minimum atomic E-state index is -3.61. The highest BCUT2D eigenvalue weighted by molar-refractivity contribution is 7.91. The van der Waals surface area contributed by atoms with Gasteiger partial charge in [-0.1, -0.05) is 12.1 Å². The van der Waals surface area contributed by atoms with E-state index in [2.05, 4.69) is 4.72 Å². The Morgan fingerprint density at radius 2 is 1.95 bits per heavy atom. The molecular weight excluding hydrogens is 279 g/mol. The summed E-state index contributed by atoms with van der Waals surface area (Å²) in [5.41, 5.74) is 7.54. The predicted octanol–water partition coefficient (Wildman–Crippen LogP) is 2.66. The van der Waals surface area contributed by atoms with Crippen LogP contribution in [0.3, 0.4) is 0 Å². The van der Waals surface area contributed by atoms with Crippen molar-refractivity contribution < 1.29 is 12.8 Å². The molecule has 0 aliphatic heterocycles. The van der Waals surface area contributed by atoms with Gasteiger partial charge in [0.25, 0.3) is 0 Å². The molecule has 0 spiro atoms. The summed E-state index contributed by atoms with van der Waals surface area (Å²) in [6, 6.07) is 10.7. The number of nitrogens with two attached hydrogens (primary N) is 1.